The van der Waals surface area contributed by atoms with Crippen molar-refractivity contribution in [3.05, 3.63) is 68.8 Å². The summed E-state index contributed by atoms with van der Waals surface area (Å²) in [6, 6.07) is 8.46. The van der Waals surface area contributed by atoms with Gasteiger partial charge in [-0.25, -0.2) is 12.8 Å². The molecule has 0 aliphatic heterocycles. The Morgan fingerprint density at radius 3 is 2.67 bits per heavy atom. The molecule has 24 heavy (non-hydrogen) atoms. The summed E-state index contributed by atoms with van der Waals surface area (Å²) < 4.78 is 46.9. The van der Waals surface area contributed by atoms with Crippen LogP contribution in [0.25, 0.3) is 0 Å². The van der Waals surface area contributed by atoms with Crippen molar-refractivity contribution in [1.82, 2.24) is 4.72 Å². The van der Waals surface area contributed by atoms with Crippen LogP contribution in [0, 0.1) is 5.82 Å². The molecule has 0 saturated carbocycles. The van der Waals surface area contributed by atoms with Crippen LogP contribution in [0.3, 0.4) is 0 Å². The molecule has 0 radical (unpaired) electrons. The number of methoxy groups -OCH3 is 1. The van der Waals surface area contributed by atoms with Crippen LogP contribution in [-0.2, 0) is 10.0 Å². The summed E-state index contributed by atoms with van der Waals surface area (Å²) in [5, 5.41) is 5.65. The van der Waals surface area contributed by atoms with Gasteiger partial charge in [-0.1, -0.05) is 6.07 Å². The van der Waals surface area contributed by atoms with Gasteiger partial charge >= 0.3 is 0 Å². The van der Waals surface area contributed by atoms with Crippen molar-refractivity contribution in [3.63, 3.8) is 0 Å². The number of halogens is 1. The van der Waals surface area contributed by atoms with E-state index in [1.165, 1.54) is 35.8 Å². The Labute approximate surface area is 147 Å². The van der Waals surface area contributed by atoms with E-state index in [2.05, 4.69) is 4.72 Å². The standard InChI is InChI=1S/C16H14FNO3S3/c1-21-13-5-4-12(17)9-15(13)24(19,20)18-16(11-6-8-22-10-11)14-3-2-7-23-14/h2-10,16,18H,1H3/t16-/m0/s1. The number of rotatable bonds is 6. The number of sulfonamides is 1. The van der Waals surface area contributed by atoms with Crippen molar-refractivity contribution < 1.29 is 17.5 Å². The van der Waals surface area contributed by atoms with Gasteiger partial charge in [-0.2, -0.15) is 16.1 Å². The topological polar surface area (TPSA) is 55.4 Å². The number of hydrogen-bond donors (Lipinski definition) is 1. The molecule has 126 valence electrons. The quantitative estimate of drug-likeness (QED) is 0.699. The molecule has 0 fully saturated rings. The predicted octanol–water partition coefficient (Wildman–Crippen LogP) is 4.03. The maximum Gasteiger partial charge on any atom is 0.245 e. The van der Waals surface area contributed by atoms with Crippen LogP contribution in [-0.4, -0.2) is 15.5 Å². The molecule has 0 unspecified atom stereocenters. The molecule has 4 nitrogen and oxygen atoms in total. The van der Waals surface area contributed by atoms with Crippen LogP contribution >= 0.6 is 22.7 Å². The fourth-order valence-electron chi connectivity index (χ4n) is 2.26. The normalized spacial score (nSPS) is 12.9. The summed E-state index contributed by atoms with van der Waals surface area (Å²) >= 11 is 2.93. The minimum atomic E-state index is -3.98. The minimum absolute atomic E-state index is 0.0964. The first-order valence-electron chi connectivity index (χ1n) is 6.92. The minimum Gasteiger partial charge on any atom is -0.495 e. The molecule has 1 N–H and O–H groups in total. The Kier molecular flexibility index (Phi) is 5.00. The van der Waals surface area contributed by atoms with Gasteiger partial charge in [-0.05, 0) is 52.0 Å². The first kappa shape index (κ1) is 17.1. The van der Waals surface area contributed by atoms with Crippen molar-refractivity contribution in [2.75, 3.05) is 7.11 Å². The molecule has 0 aliphatic rings. The van der Waals surface area contributed by atoms with Gasteiger partial charge in [0.15, 0.2) is 0 Å². The second-order valence-corrected chi connectivity index (χ2v) is 8.36. The SMILES string of the molecule is COc1ccc(F)cc1S(=O)(=O)N[C@@H](c1ccsc1)c1cccs1. The van der Waals surface area contributed by atoms with Gasteiger partial charge in [0.2, 0.25) is 10.0 Å². The lowest BCUT2D eigenvalue weighted by Gasteiger charge is -2.18. The molecule has 0 spiro atoms. The summed E-state index contributed by atoms with van der Waals surface area (Å²) in [4.78, 5) is 0.633. The van der Waals surface area contributed by atoms with E-state index in [-0.39, 0.29) is 10.6 Å². The molecule has 1 aromatic carbocycles. The second kappa shape index (κ2) is 7.02. The summed E-state index contributed by atoms with van der Waals surface area (Å²) in [6.45, 7) is 0. The largest absolute Gasteiger partial charge is 0.495 e. The fraction of sp³-hybridized carbons (Fsp3) is 0.125. The Morgan fingerprint density at radius 1 is 1.21 bits per heavy atom. The Balaban J connectivity index is 2.02. The van der Waals surface area contributed by atoms with Crippen LogP contribution in [0.4, 0.5) is 4.39 Å². The number of thiophene rings is 2. The first-order valence-corrected chi connectivity index (χ1v) is 10.2. The number of hydrogen-bond acceptors (Lipinski definition) is 5. The zero-order valence-electron chi connectivity index (χ0n) is 12.6. The van der Waals surface area contributed by atoms with E-state index in [4.69, 9.17) is 4.74 Å². The number of ether oxygens (including phenoxy) is 1. The molecule has 3 aromatic rings. The Hall–Kier alpha value is -1.74. The van der Waals surface area contributed by atoms with Crippen LogP contribution in [0.1, 0.15) is 16.5 Å². The molecular weight excluding hydrogens is 369 g/mol. The Morgan fingerprint density at radius 2 is 2.04 bits per heavy atom. The smallest absolute Gasteiger partial charge is 0.245 e. The average molecular weight is 383 g/mol. The van der Waals surface area contributed by atoms with Gasteiger partial charge in [0, 0.05) is 4.88 Å². The second-order valence-electron chi connectivity index (χ2n) is 4.92. The summed E-state index contributed by atoms with van der Waals surface area (Å²) in [5.74, 6) is -0.543. The number of benzene rings is 1. The van der Waals surface area contributed by atoms with Gasteiger partial charge < -0.3 is 4.74 Å². The lowest BCUT2D eigenvalue weighted by atomic mass is 10.1. The van der Waals surface area contributed by atoms with Crippen molar-refractivity contribution in [1.29, 1.82) is 0 Å². The highest BCUT2D eigenvalue weighted by molar-refractivity contribution is 7.89. The van der Waals surface area contributed by atoms with Crippen LogP contribution in [0.5, 0.6) is 5.75 Å². The lowest BCUT2D eigenvalue weighted by Crippen LogP contribution is -2.29. The molecule has 0 saturated heterocycles. The summed E-state index contributed by atoms with van der Waals surface area (Å²) in [6.07, 6.45) is 0. The van der Waals surface area contributed by atoms with E-state index in [0.717, 1.165) is 22.6 Å². The van der Waals surface area contributed by atoms with Crippen molar-refractivity contribution in [2.24, 2.45) is 0 Å². The highest BCUT2D eigenvalue weighted by atomic mass is 32.2. The third kappa shape index (κ3) is 3.51. The molecule has 3 rings (SSSR count). The van der Waals surface area contributed by atoms with Crippen molar-refractivity contribution in [2.45, 2.75) is 10.9 Å². The predicted molar refractivity (Wildman–Crippen MR) is 93.8 cm³/mol. The van der Waals surface area contributed by atoms with Crippen LogP contribution in [0.2, 0.25) is 0 Å². The Bertz CT molecular complexity index is 872. The van der Waals surface area contributed by atoms with Gasteiger partial charge in [0.1, 0.15) is 16.5 Å². The van der Waals surface area contributed by atoms with E-state index in [1.54, 1.807) is 0 Å². The molecule has 0 amide bonds. The van der Waals surface area contributed by atoms with Gasteiger partial charge in [0.05, 0.1) is 13.2 Å². The third-order valence-electron chi connectivity index (χ3n) is 3.39. The maximum atomic E-state index is 13.6. The van der Waals surface area contributed by atoms with E-state index < -0.39 is 21.9 Å². The summed E-state index contributed by atoms with van der Waals surface area (Å²) in [5.41, 5.74) is 0.835. The number of nitrogens with one attached hydrogen (secondary N) is 1. The van der Waals surface area contributed by atoms with E-state index in [1.807, 2.05) is 34.3 Å². The third-order valence-corrected chi connectivity index (χ3v) is 6.48. The highest BCUT2D eigenvalue weighted by Crippen LogP contribution is 2.31. The lowest BCUT2D eigenvalue weighted by molar-refractivity contribution is 0.400. The first-order chi connectivity index (χ1) is 11.5. The molecule has 2 heterocycles. The fourth-order valence-corrected chi connectivity index (χ4v) is 5.21. The zero-order valence-corrected chi connectivity index (χ0v) is 15.1. The van der Waals surface area contributed by atoms with Crippen LogP contribution in [0.15, 0.2) is 57.4 Å². The zero-order chi connectivity index (χ0) is 17.2. The summed E-state index contributed by atoms with van der Waals surface area (Å²) in [7, 11) is -2.63. The molecule has 0 bridgehead atoms. The van der Waals surface area contributed by atoms with Crippen molar-refractivity contribution >= 4 is 32.7 Å². The van der Waals surface area contributed by atoms with Crippen LogP contribution < -0.4 is 9.46 Å². The van der Waals surface area contributed by atoms with E-state index in [0.29, 0.717) is 0 Å². The van der Waals surface area contributed by atoms with E-state index in [9.17, 15) is 12.8 Å². The van der Waals surface area contributed by atoms with E-state index >= 15 is 0 Å². The molecular formula is C16H14FNO3S3. The van der Waals surface area contributed by atoms with Crippen molar-refractivity contribution in [3.8, 4) is 5.75 Å². The van der Waals surface area contributed by atoms with Gasteiger partial charge in [-0.15, -0.1) is 11.3 Å². The molecule has 1 atom stereocenters. The van der Waals surface area contributed by atoms with Gasteiger partial charge in [-0.3, -0.25) is 0 Å². The molecule has 0 aliphatic carbocycles. The van der Waals surface area contributed by atoms with Gasteiger partial charge in [0.25, 0.3) is 0 Å². The highest BCUT2D eigenvalue weighted by Gasteiger charge is 2.27. The maximum absolute atomic E-state index is 13.6. The monoisotopic (exact) mass is 383 g/mol. The molecule has 8 heteroatoms. The molecule has 2 aromatic heterocycles. The average Bonchev–Trinajstić information content (AvgIpc) is 3.26.